The Hall–Kier alpha value is -2.41. The van der Waals surface area contributed by atoms with Crippen molar-refractivity contribution in [2.45, 2.75) is 178 Å². The van der Waals surface area contributed by atoms with Crippen LogP contribution in [0.3, 0.4) is 0 Å². The second kappa shape index (κ2) is 34.8. The third-order valence-corrected chi connectivity index (χ3v) is 7.44. The Balaban J connectivity index is -0.000000524. The molecule has 2 N–H and O–H groups in total. The number of unbranched alkanes of at least 4 members (excludes halogenated alkanes) is 2. The molecule has 0 atom stereocenters. The summed E-state index contributed by atoms with van der Waals surface area (Å²) in [6.45, 7) is 33.9. The van der Waals surface area contributed by atoms with Gasteiger partial charge in [0.25, 0.3) is 0 Å². The highest BCUT2D eigenvalue weighted by Gasteiger charge is 2.18. The highest BCUT2D eigenvalue weighted by molar-refractivity contribution is 5.78. The second-order valence-electron chi connectivity index (χ2n) is 17.3. The first-order valence-electron chi connectivity index (χ1n) is 20.7. The van der Waals surface area contributed by atoms with Crippen LogP contribution < -0.4 is 5.32 Å². The number of Topliss-reactive ketones (excluding diaryl/α,β-unsaturated/α-hetero) is 1. The van der Waals surface area contributed by atoms with E-state index in [-0.39, 0.29) is 35.8 Å². The summed E-state index contributed by atoms with van der Waals surface area (Å²) in [5, 5.41) is 11.5. The molecule has 1 amide bonds. The Morgan fingerprint density at radius 1 is 0.709 bits per heavy atom. The number of hydrogen-bond donors (Lipinski definition) is 2. The van der Waals surface area contributed by atoms with Crippen LogP contribution in [0.1, 0.15) is 162 Å². The number of ether oxygens (including phenoxy) is 2. The summed E-state index contributed by atoms with van der Waals surface area (Å²) in [5.74, 6) is 0.779. The summed E-state index contributed by atoms with van der Waals surface area (Å²) in [6, 6.07) is 0. The number of aldehydes is 1. The van der Waals surface area contributed by atoms with E-state index in [1.54, 1.807) is 34.6 Å². The minimum absolute atomic E-state index is 0.0264. The molecule has 0 aromatic heterocycles. The molecule has 0 rings (SSSR count). The summed E-state index contributed by atoms with van der Waals surface area (Å²) in [4.78, 5) is 63.1. The van der Waals surface area contributed by atoms with E-state index in [4.69, 9.17) is 14.6 Å². The molecule has 0 aliphatic heterocycles. The summed E-state index contributed by atoms with van der Waals surface area (Å²) in [5.41, 5.74) is -1.33. The highest BCUT2D eigenvalue weighted by Crippen LogP contribution is 2.08. The van der Waals surface area contributed by atoms with Gasteiger partial charge in [0.15, 0.2) is 0 Å². The van der Waals surface area contributed by atoms with Crippen molar-refractivity contribution in [2.24, 2.45) is 5.92 Å². The Morgan fingerprint density at radius 2 is 1.22 bits per heavy atom. The van der Waals surface area contributed by atoms with Crippen LogP contribution in [0.4, 0.5) is 0 Å². The molecule has 0 spiro atoms. The second-order valence-corrected chi connectivity index (χ2v) is 17.3. The van der Waals surface area contributed by atoms with Crippen molar-refractivity contribution in [3.8, 4) is 0 Å². The molecule has 328 valence electrons. The summed E-state index contributed by atoms with van der Waals surface area (Å²) in [6.07, 6.45) is 9.15. The molecule has 0 heterocycles. The fourth-order valence-electron chi connectivity index (χ4n) is 4.35. The Labute approximate surface area is 338 Å². The van der Waals surface area contributed by atoms with Crippen LogP contribution >= 0.6 is 0 Å². The maximum absolute atomic E-state index is 12.3. The number of aliphatic hydroxyl groups is 1. The van der Waals surface area contributed by atoms with Crippen LogP contribution in [0.5, 0.6) is 0 Å². The van der Waals surface area contributed by atoms with Crippen LogP contribution in [-0.4, -0.2) is 132 Å². The molecule has 0 aromatic rings. The molecular weight excluding hydrogens is 700 g/mol. The third-order valence-electron chi connectivity index (χ3n) is 7.44. The van der Waals surface area contributed by atoms with Crippen LogP contribution in [0.15, 0.2) is 0 Å². The quantitative estimate of drug-likeness (QED) is 0.0588. The van der Waals surface area contributed by atoms with E-state index < -0.39 is 11.2 Å². The molecule has 0 aromatic carbocycles. The van der Waals surface area contributed by atoms with Gasteiger partial charge >= 0.3 is 11.9 Å². The minimum Gasteiger partial charge on any atom is -0.460 e. The molecule has 0 saturated heterocycles. The van der Waals surface area contributed by atoms with Crippen molar-refractivity contribution in [2.75, 3.05) is 66.0 Å². The number of likely N-dealkylation sites (N-methyl/N-ethyl adjacent to an activating group) is 1. The van der Waals surface area contributed by atoms with Gasteiger partial charge in [-0.2, -0.15) is 0 Å². The highest BCUT2D eigenvalue weighted by atomic mass is 16.6. The first-order valence-corrected chi connectivity index (χ1v) is 20.7. The Morgan fingerprint density at radius 3 is 1.62 bits per heavy atom. The lowest BCUT2D eigenvalue weighted by atomic mass is 10.1. The third kappa shape index (κ3) is 56.0. The first kappa shape index (κ1) is 59.3. The molecule has 0 aliphatic rings. The number of nitrogens with zero attached hydrogens (tertiary/aromatic N) is 3. The predicted octanol–water partition coefficient (Wildman–Crippen LogP) is 7.09. The number of amides is 1. The van der Waals surface area contributed by atoms with E-state index in [0.29, 0.717) is 45.6 Å². The average molecular weight is 789 g/mol. The average Bonchev–Trinajstić information content (AvgIpc) is 3.02. The number of carbonyl (C=O) groups excluding carboxylic acids is 5. The molecule has 0 radical (unpaired) electrons. The van der Waals surface area contributed by atoms with E-state index in [2.05, 4.69) is 42.8 Å². The normalized spacial score (nSPS) is 11.5. The van der Waals surface area contributed by atoms with E-state index >= 15 is 0 Å². The van der Waals surface area contributed by atoms with Gasteiger partial charge in [-0.3, -0.25) is 29.1 Å². The number of ketones is 1. The van der Waals surface area contributed by atoms with E-state index in [1.165, 1.54) is 12.8 Å². The van der Waals surface area contributed by atoms with Gasteiger partial charge in [-0.15, -0.1) is 0 Å². The fraction of sp³-hybridized carbons (Fsp3) is 0.884. The molecule has 12 heteroatoms. The number of rotatable bonds is 24. The van der Waals surface area contributed by atoms with Gasteiger partial charge in [0.2, 0.25) is 5.91 Å². The summed E-state index contributed by atoms with van der Waals surface area (Å²) < 4.78 is 10.3. The lowest BCUT2D eigenvalue weighted by molar-refractivity contribution is -0.156. The zero-order valence-corrected chi connectivity index (χ0v) is 38.5. The number of nitrogens with one attached hydrogen (secondary N) is 1. The van der Waals surface area contributed by atoms with Crippen molar-refractivity contribution in [3.63, 3.8) is 0 Å². The van der Waals surface area contributed by atoms with Gasteiger partial charge in [0.05, 0.1) is 25.2 Å². The monoisotopic (exact) mass is 789 g/mol. The molecule has 55 heavy (non-hydrogen) atoms. The number of hydrogen-bond acceptors (Lipinski definition) is 11. The smallest absolute Gasteiger partial charge is 0.320 e. The van der Waals surface area contributed by atoms with Crippen LogP contribution in [-0.2, 0) is 33.4 Å². The lowest BCUT2D eigenvalue weighted by Crippen LogP contribution is -2.41. The first-order chi connectivity index (χ1) is 25.2. The molecule has 12 nitrogen and oxygen atoms in total. The van der Waals surface area contributed by atoms with Crippen molar-refractivity contribution in [3.05, 3.63) is 0 Å². The van der Waals surface area contributed by atoms with Crippen LogP contribution in [0.25, 0.3) is 0 Å². The van der Waals surface area contributed by atoms with Crippen molar-refractivity contribution in [1.29, 1.82) is 0 Å². The maximum atomic E-state index is 12.3. The molecule has 0 aliphatic carbocycles. The summed E-state index contributed by atoms with van der Waals surface area (Å²) in [7, 11) is 1.87. The van der Waals surface area contributed by atoms with Gasteiger partial charge in [-0.1, -0.05) is 53.9 Å². The van der Waals surface area contributed by atoms with Crippen molar-refractivity contribution >= 4 is 29.9 Å². The number of carbonyl (C=O) groups is 5. The zero-order valence-electron chi connectivity index (χ0n) is 38.5. The molecule has 0 saturated carbocycles. The standard InChI is InChI=1S/C26H50N4O5.C7H14O2.C6H14.C4H10O/c1-7-14-30(21-24(33)27-13-10-8-9-12-23(2)32)16-11-15-29(19-20-31)18-17-28(6)22-25(34)35-26(3,4)5;1-5-6(8)9-7(2,3)4;1-4-6(3)5-2;1-4(2,3)5/h20H,7-19,21-22H2,1-6H3,(H,27,33);5H2,1-4H3;6H,4-5H2,1-3H3;5H,1-3H3. The van der Waals surface area contributed by atoms with E-state index in [1.807, 2.05) is 53.5 Å². The van der Waals surface area contributed by atoms with Crippen molar-refractivity contribution < 1.29 is 38.6 Å². The van der Waals surface area contributed by atoms with Gasteiger partial charge < -0.3 is 29.5 Å². The van der Waals surface area contributed by atoms with Gasteiger partial charge in [-0.05, 0) is 128 Å². The molecular formula is C43H88N4O8. The fourth-order valence-corrected chi connectivity index (χ4v) is 4.35. The molecule has 0 bridgehead atoms. The summed E-state index contributed by atoms with van der Waals surface area (Å²) >= 11 is 0. The topological polar surface area (TPSA) is 146 Å². The number of esters is 2. The van der Waals surface area contributed by atoms with Crippen molar-refractivity contribution in [1.82, 2.24) is 20.0 Å². The Kier molecular flexibility index (Phi) is 37.5. The minimum atomic E-state index is -0.501. The predicted molar refractivity (Wildman–Crippen MR) is 227 cm³/mol. The van der Waals surface area contributed by atoms with Gasteiger partial charge in [-0.25, -0.2) is 0 Å². The zero-order chi connectivity index (χ0) is 43.7. The largest absolute Gasteiger partial charge is 0.460 e. The molecule has 0 unspecified atom stereocenters. The van der Waals surface area contributed by atoms with E-state index in [0.717, 1.165) is 63.9 Å². The van der Waals surface area contributed by atoms with Crippen LogP contribution in [0, 0.1) is 5.92 Å². The van der Waals surface area contributed by atoms with E-state index in [9.17, 15) is 24.0 Å². The van der Waals surface area contributed by atoms with Gasteiger partial charge in [0.1, 0.15) is 23.3 Å². The Bertz CT molecular complexity index is 977. The van der Waals surface area contributed by atoms with Gasteiger partial charge in [0, 0.05) is 32.5 Å². The SMILES string of the molecule is CC(C)(C)O.CCC(=O)OC(C)(C)C.CCC(C)CC.CCCN(CCCN(CC=O)CCN(C)CC(=O)OC(C)(C)C)CC(=O)NCCCCCC(C)=O. The van der Waals surface area contributed by atoms with Crippen LogP contribution in [0.2, 0.25) is 0 Å². The molecule has 0 fully saturated rings. The lowest BCUT2D eigenvalue weighted by Gasteiger charge is -2.26. The maximum Gasteiger partial charge on any atom is 0.320 e.